The highest BCUT2D eigenvalue weighted by Crippen LogP contribution is 2.19. The van der Waals surface area contributed by atoms with Crippen molar-refractivity contribution in [2.75, 3.05) is 11.9 Å². The zero-order valence-corrected chi connectivity index (χ0v) is 11.6. The van der Waals surface area contributed by atoms with Crippen molar-refractivity contribution in [1.29, 1.82) is 0 Å². The third-order valence-electron chi connectivity index (χ3n) is 2.80. The summed E-state index contributed by atoms with van der Waals surface area (Å²) in [5.74, 6) is -1.49. The largest absolute Gasteiger partial charge is 0.481 e. The quantitative estimate of drug-likeness (QED) is 0.778. The number of carbonyl (C=O) groups excluding carboxylic acids is 1. The molecule has 0 aliphatic rings. The number of halogens is 1. The number of urea groups is 1. The lowest BCUT2D eigenvalue weighted by Gasteiger charge is -2.13. The van der Waals surface area contributed by atoms with Gasteiger partial charge in [-0.1, -0.05) is 24.6 Å². The maximum atomic E-state index is 11.7. The Morgan fingerprint density at radius 2 is 2.11 bits per heavy atom. The van der Waals surface area contributed by atoms with E-state index in [1.54, 1.807) is 25.1 Å². The fourth-order valence-corrected chi connectivity index (χ4v) is 1.69. The molecule has 0 aromatic heterocycles. The fourth-order valence-electron chi connectivity index (χ4n) is 1.52. The number of carboxylic acids is 1. The molecular formula is C13H17ClN2O3. The third-order valence-corrected chi connectivity index (χ3v) is 3.03. The highest BCUT2D eigenvalue weighted by atomic mass is 35.5. The number of nitrogens with one attached hydrogen (secondary N) is 2. The molecule has 3 N–H and O–H groups in total. The minimum atomic E-state index is -0.915. The Morgan fingerprint density at radius 1 is 1.42 bits per heavy atom. The summed E-state index contributed by atoms with van der Waals surface area (Å²) in [6, 6.07) is 4.73. The van der Waals surface area contributed by atoms with Crippen LogP contribution in [0.3, 0.4) is 0 Å². The van der Waals surface area contributed by atoms with E-state index in [9.17, 15) is 9.59 Å². The molecule has 0 heterocycles. The van der Waals surface area contributed by atoms with Gasteiger partial charge in [0.1, 0.15) is 0 Å². The Morgan fingerprint density at radius 3 is 2.68 bits per heavy atom. The van der Waals surface area contributed by atoms with Gasteiger partial charge in [-0.15, -0.1) is 0 Å². The number of aryl methyl sites for hydroxylation is 1. The van der Waals surface area contributed by atoms with E-state index in [1.165, 1.54) is 0 Å². The first-order valence-corrected chi connectivity index (χ1v) is 6.35. The maximum Gasteiger partial charge on any atom is 0.319 e. The zero-order valence-electron chi connectivity index (χ0n) is 10.9. The van der Waals surface area contributed by atoms with Crippen LogP contribution in [0.25, 0.3) is 0 Å². The SMILES string of the molecule is CCC(CNC(=O)Nc1cc(Cl)ccc1C)C(=O)O. The van der Waals surface area contributed by atoms with Crippen LogP contribution in [0, 0.1) is 12.8 Å². The molecule has 1 atom stereocenters. The summed E-state index contributed by atoms with van der Waals surface area (Å²) >= 11 is 5.84. The average molecular weight is 285 g/mol. The van der Waals surface area contributed by atoms with Gasteiger partial charge in [-0.05, 0) is 31.0 Å². The molecule has 1 aromatic rings. The Bertz CT molecular complexity index is 477. The topological polar surface area (TPSA) is 78.4 Å². The molecule has 0 bridgehead atoms. The lowest BCUT2D eigenvalue weighted by Crippen LogP contribution is -2.35. The van der Waals surface area contributed by atoms with Crippen molar-refractivity contribution in [3.8, 4) is 0 Å². The summed E-state index contributed by atoms with van der Waals surface area (Å²) in [6.07, 6.45) is 0.464. The summed E-state index contributed by atoms with van der Waals surface area (Å²) in [5.41, 5.74) is 1.48. The normalized spacial score (nSPS) is 11.7. The minimum Gasteiger partial charge on any atom is -0.481 e. The summed E-state index contributed by atoms with van der Waals surface area (Å²) < 4.78 is 0. The standard InChI is InChI=1S/C13H17ClN2O3/c1-3-9(12(17)18)7-15-13(19)16-11-6-10(14)5-4-8(11)2/h4-6,9H,3,7H2,1-2H3,(H,17,18)(H2,15,16,19). The molecule has 1 rings (SSSR count). The van der Waals surface area contributed by atoms with Gasteiger partial charge in [0.05, 0.1) is 5.92 Å². The van der Waals surface area contributed by atoms with E-state index in [2.05, 4.69) is 10.6 Å². The van der Waals surface area contributed by atoms with Crippen LogP contribution in [0.1, 0.15) is 18.9 Å². The number of carboxylic acid groups (broad SMARTS) is 1. The first-order chi connectivity index (χ1) is 8.93. The predicted molar refractivity (Wildman–Crippen MR) is 74.6 cm³/mol. The van der Waals surface area contributed by atoms with Crippen molar-refractivity contribution >= 4 is 29.3 Å². The van der Waals surface area contributed by atoms with E-state index in [4.69, 9.17) is 16.7 Å². The molecule has 0 saturated carbocycles. The molecule has 2 amide bonds. The third kappa shape index (κ3) is 4.79. The van der Waals surface area contributed by atoms with Crippen LogP contribution in [0.4, 0.5) is 10.5 Å². The number of amides is 2. The number of aliphatic carboxylic acids is 1. The van der Waals surface area contributed by atoms with Crippen LogP contribution < -0.4 is 10.6 Å². The van der Waals surface area contributed by atoms with E-state index in [1.807, 2.05) is 6.92 Å². The molecule has 1 aromatic carbocycles. The second-order valence-corrected chi connectivity index (χ2v) is 4.67. The molecule has 1 unspecified atom stereocenters. The van der Waals surface area contributed by atoms with Crippen molar-refractivity contribution in [3.63, 3.8) is 0 Å². The summed E-state index contributed by atoms with van der Waals surface area (Å²) in [4.78, 5) is 22.5. The van der Waals surface area contributed by atoms with E-state index >= 15 is 0 Å². The van der Waals surface area contributed by atoms with Gasteiger partial charge in [-0.25, -0.2) is 4.79 Å². The van der Waals surface area contributed by atoms with Crippen molar-refractivity contribution in [2.45, 2.75) is 20.3 Å². The molecule has 0 aliphatic carbocycles. The second-order valence-electron chi connectivity index (χ2n) is 4.24. The van der Waals surface area contributed by atoms with Crippen LogP contribution in [-0.2, 0) is 4.79 Å². The van der Waals surface area contributed by atoms with E-state index in [-0.39, 0.29) is 6.54 Å². The first kappa shape index (κ1) is 15.3. The van der Waals surface area contributed by atoms with Gasteiger partial charge >= 0.3 is 12.0 Å². The van der Waals surface area contributed by atoms with Crippen molar-refractivity contribution in [2.24, 2.45) is 5.92 Å². The Labute approximate surface area is 117 Å². The van der Waals surface area contributed by atoms with Gasteiger partial charge in [-0.3, -0.25) is 4.79 Å². The number of hydrogen-bond donors (Lipinski definition) is 3. The number of anilines is 1. The molecule has 6 heteroatoms. The number of rotatable bonds is 5. The molecule has 0 radical (unpaired) electrons. The summed E-state index contributed by atoms with van der Waals surface area (Å²) in [7, 11) is 0. The zero-order chi connectivity index (χ0) is 14.4. The van der Waals surface area contributed by atoms with E-state index < -0.39 is 17.9 Å². The molecular weight excluding hydrogens is 268 g/mol. The highest BCUT2D eigenvalue weighted by molar-refractivity contribution is 6.31. The van der Waals surface area contributed by atoms with E-state index in [0.29, 0.717) is 17.1 Å². The minimum absolute atomic E-state index is 0.0945. The van der Waals surface area contributed by atoms with Crippen molar-refractivity contribution < 1.29 is 14.7 Å². The number of hydrogen-bond acceptors (Lipinski definition) is 2. The van der Waals surface area contributed by atoms with Gasteiger partial charge in [0, 0.05) is 17.3 Å². The van der Waals surface area contributed by atoms with E-state index in [0.717, 1.165) is 5.56 Å². The Kier molecular flexibility index (Phi) is 5.63. The first-order valence-electron chi connectivity index (χ1n) is 5.97. The highest BCUT2D eigenvalue weighted by Gasteiger charge is 2.16. The van der Waals surface area contributed by atoms with Gasteiger partial charge in [0.15, 0.2) is 0 Å². The monoisotopic (exact) mass is 284 g/mol. The van der Waals surface area contributed by atoms with Gasteiger partial charge in [0.25, 0.3) is 0 Å². The summed E-state index contributed by atoms with van der Waals surface area (Å²) in [6.45, 7) is 3.70. The molecule has 0 aliphatic heterocycles. The van der Waals surface area contributed by atoms with Crippen LogP contribution in [0.15, 0.2) is 18.2 Å². The van der Waals surface area contributed by atoms with Gasteiger partial charge in [-0.2, -0.15) is 0 Å². The Hall–Kier alpha value is -1.75. The maximum absolute atomic E-state index is 11.7. The second kappa shape index (κ2) is 6.99. The van der Waals surface area contributed by atoms with Crippen molar-refractivity contribution in [3.05, 3.63) is 28.8 Å². The molecule has 0 saturated heterocycles. The lowest BCUT2D eigenvalue weighted by atomic mass is 10.1. The van der Waals surface area contributed by atoms with Gasteiger partial charge in [0.2, 0.25) is 0 Å². The average Bonchev–Trinajstić information content (AvgIpc) is 2.34. The van der Waals surface area contributed by atoms with Crippen LogP contribution in [0.5, 0.6) is 0 Å². The summed E-state index contributed by atoms with van der Waals surface area (Å²) in [5, 5.41) is 14.6. The van der Waals surface area contributed by atoms with Crippen LogP contribution in [0.2, 0.25) is 5.02 Å². The van der Waals surface area contributed by atoms with Gasteiger partial charge < -0.3 is 15.7 Å². The fraction of sp³-hybridized carbons (Fsp3) is 0.385. The smallest absolute Gasteiger partial charge is 0.319 e. The molecule has 0 fully saturated rings. The number of benzene rings is 1. The van der Waals surface area contributed by atoms with Crippen LogP contribution in [-0.4, -0.2) is 23.7 Å². The molecule has 19 heavy (non-hydrogen) atoms. The lowest BCUT2D eigenvalue weighted by molar-refractivity contribution is -0.141. The predicted octanol–water partition coefficient (Wildman–Crippen LogP) is 2.88. The molecule has 104 valence electrons. The Balaban J connectivity index is 2.56. The van der Waals surface area contributed by atoms with Crippen molar-refractivity contribution in [1.82, 2.24) is 5.32 Å². The number of carbonyl (C=O) groups is 2. The molecule has 0 spiro atoms. The van der Waals surface area contributed by atoms with Crippen LogP contribution >= 0.6 is 11.6 Å². The molecule has 5 nitrogen and oxygen atoms in total.